The van der Waals surface area contributed by atoms with E-state index in [9.17, 15) is 9.59 Å². The van der Waals surface area contributed by atoms with E-state index in [-0.39, 0.29) is 18.4 Å². The first-order chi connectivity index (χ1) is 18.9. The molecule has 2 N–H and O–H groups in total. The number of hydrogen-bond acceptors (Lipinski definition) is 5. The number of aryl methyl sites for hydroxylation is 1. The second kappa shape index (κ2) is 11.6. The number of unbranched alkanes of at least 4 members (excludes halogenated alkanes) is 1. The number of rotatable bonds is 9. The molecule has 1 atom stereocenters. The lowest BCUT2D eigenvalue weighted by molar-refractivity contribution is -0.137. The van der Waals surface area contributed by atoms with Crippen molar-refractivity contribution >= 4 is 45.3 Å². The number of nitrogens with one attached hydrogen (secondary N) is 1. The molecule has 39 heavy (non-hydrogen) atoms. The fourth-order valence-corrected chi connectivity index (χ4v) is 4.78. The number of aliphatic carboxylic acids is 1. The maximum Gasteiger partial charge on any atom is 0.303 e. The summed E-state index contributed by atoms with van der Waals surface area (Å²) >= 11 is 6.08. The van der Waals surface area contributed by atoms with Crippen molar-refractivity contribution in [2.45, 2.75) is 38.6 Å². The summed E-state index contributed by atoms with van der Waals surface area (Å²) in [5, 5.41) is 14.8. The first kappa shape index (κ1) is 26.3. The molecule has 7 nitrogen and oxygen atoms in total. The molecule has 2 aromatic heterocycles. The van der Waals surface area contributed by atoms with E-state index in [2.05, 4.69) is 10.3 Å². The highest BCUT2D eigenvalue weighted by molar-refractivity contribution is 6.30. The summed E-state index contributed by atoms with van der Waals surface area (Å²) in [5.74, 6) is -1.04. The van der Waals surface area contributed by atoms with Crippen molar-refractivity contribution in [3.8, 4) is 11.3 Å². The number of hydrogen-bond donors (Lipinski definition) is 2. The summed E-state index contributed by atoms with van der Waals surface area (Å²) in [5.41, 5.74) is 5.05. The van der Waals surface area contributed by atoms with Crippen molar-refractivity contribution in [1.82, 2.24) is 20.3 Å². The third-order valence-corrected chi connectivity index (χ3v) is 6.94. The first-order valence-corrected chi connectivity index (χ1v) is 13.2. The Labute approximate surface area is 230 Å². The number of carbonyl (C=O) groups excluding carboxylic acids is 1. The Hall–Kier alpha value is -4.36. The van der Waals surface area contributed by atoms with Crippen LogP contribution in [-0.4, -0.2) is 31.9 Å². The molecule has 0 fully saturated rings. The van der Waals surface area contributed by atoms with Crippen LogP contribution in [0.3, 0.4) is 0 Å². The van der Waals surface area contributed by atoms with E-state index in [4.69, 9.17) is 26.7 Å². The molecule has 0 spiro atoms. The fourth-order valence-electron chi connectivity index (χ4n) is 4.66. The molecule has 1 unspecified atom stereocenters. The molecule has 1 amide bonds. The second-order valence-corrected chi connectivity index (χ2v) is 9.91. The number of aromatic nitrogens is 3. The van der Waals surface area contributed by atoms with Crippen molar-refractivity contribution in [1.29, 1.82) is 0 Å². The van der Waals surface area contributed by atoms with Crippen LogP contribution in [-0.2, 0) is 11.2 Å². The zero-order valence-electron chi connectivity index (χ0n) is 21.4. The van der Waals surface area contributed by atoms with Crippen molar-refractivity contribution in [2.24, 2.45) is 0 Å². The highest BCUT2D eigenvalue weighted by Gasteiger charge is 2.17. The third-order valence-electron chi connectivity index (χ3n) is 6.68. The summed E-state index contributed by atoms with van der Waals surface area (Å²) in [6, 6.07) is 20.4. The lowest BCUT2D eigenvalue weighted by Crippen LogP contribution is -2.26. The molecule has 5 rings (SSSR count). The molecule has 8 heteroatoms. The van der Waals surface area contributed by atoms with Gasteiger partial charge in [-0.15, -0.1) is 0 Å². The molecular weight excluding hydrogens is 512 g/mol. The highest BCUT2D eigenvalue weighted by atomic mass is 35.5. The topological polar surface area (TPSA) is 105 Å². The normalized spacial score (nSPS) is 11.9. The van der Waals surface area contributed by atoms with Crippen LogP contribution in [0.1, 0.15) is 53.8 Å². The van der Waals surface area contributed by atoms with Gasteiger partial charge in [0.1, 0.15) is 0 Å². The number of amides is 1. The summed E-state index contributed by atoms with van der Waals surface area (Å²) < 4.78 is 0. The van der Waals surface area contributed by atoms with Crippen molar-refractivity contribution in [3.05, 3.63) is 101 Å². The lowest BCUT2D eigenvalue weighted by Gasteiger charge is -2.16. The van der Waals surface area contributed by atoms with Gasteiger partial charge in [-0.3, -0.25) is 14.6 Å². The van der Waals surface area contributed by atoms with E-state index in [0.717, 1.165) is 33.3 Å². The molecule has 0 aliphatic heterocycles. The van der Waals surface area contributed by atoms with E-state index in [1.807, 2.05) is 49.5 Å². The van der Waals surface area contributed by atoms with Crippen molar-refractivity contribution in [3.63, 3.8) is 0 Å². The molecule has 0 radical (unpaired) electrons. The Kier molecular flexibility index (Phi) is 7.79. The Morgan fingerprint density at radius 1 is 0.949 bits per heavy atom. The zero-order valence-corrected chi connectivity index (χ0v) is 22.2. The van der Waals surface area contributed by atoms with Crippen molar-refractivity contribution in [2.75, 3.05) is 0 Å². The van der Waals surface area contributed by atoms with Crippen LogP contribution in [0.2, 0.25) is 5.02 Å². The van der Waals surface area contributed by atoms with Crippen molar-refractivity contribution < 1.29 is 14.7 Å². The van der Waals surface area contributed by atoms with Gasteiger partial charge < -0.3 is 10.4 Å². The number of nitrogens with zero attached hydrogens (tertiary/aromatic N) is 3. The van der Waals surface area contributed by atoms with Gasteiger partial charge in [0.15, 0.2) is 0 Å². The number of carbonyl (C=O) groups is 2. The second-order valence-electron chi connectivity index (χ2n) is 9.48. The van der Waals surface area contributed by atoms with Gasteiger partial charge in [-0.05, 0) is 61.9 Å². The zero-order chi connectivity index (χ0) is 27.4. The lowest BCUT2D eigenvalue weighted by atomic mass is 10.0. The molecule has 0 saturated carbocycles. The molecule has 3 aromatic carbocycles. The van der Waals surface area contributed by atoms with Gasteiger partial charge in [0.25, 0.3) is 5.91 Å². The summed E-state index contributed by atoms with van der Waals surface area (Å²) in [6.07, 6.45) is 5.46. The molecule has 0 bridgehead atoms. The number of fused-ring (bicyclic) bond motifs is 2. The van der Waals surface area contributed by atoms with E-state index < -0.39 is 5.97 Å². The number of benzene rings is 3. The van der Waals surface area contributed by atoms with Crippen LogP contribution >= 0.6 is 11.6 Å². The van der Waals surface area contributed by atoms with Gasteiger partial charge in [0, 0.05) is 45.9 Å². The summed E-state index contributed by atoms with van der Waals surface area (Å²) in [4.78, 5) is 38.3. The predicted molar refractivity (Wildman–Crippen MR) is 153 cm³/mol. The molecular formula is C31H27ClN4O3. The molecule has 0 aliphatic carbocycles. The highest BCUT2D eigenvalue weighted by Crippen LogP contribution is 2.27. The quantitative estimate of drug-likeness (QED) is 0.200. The average Bonchev–Trinajstić information content (AvgIpc) is 2.94. The fraction of sp³-hybridized carbons (Fsp3) is 0.194. The number of carboxylic acid groups (broad SMARTS) is 1. The van der Waals surface area contributed by atoms with Gasteiger partial charge in [-0.2, -0.15) is 0 Å². The van der Waals surface area contributed by atoms with Gasteiger partial charge >= 0.3 is 5.97 Å². The van der Waals surface area contributed by atoms with Crippen LogP contribution in [0.4, 0.5) is 0 Å². The van der Waals surface area contributed by atoms with Crippen LogP contribution in [0.15, 0.2) is 79.1 Å². The minimum absolute atomic E-state index is 0.103. The Bertz CT molecular complexity index is 1670. The third kappa shape index (κ3) is 6.04. The first-order valence-electron chi connectivity index (χ1n) is 12.8. The van der Waals surface area contributed by atoms with Gasteiger partial charge in [0.05, 0.1) is 28.5 Å². The van der Waals surface area contributed by atoms with Gasteiger partial charge in [-0.1, -0.05) is 48.0 Å². The smallest absolute Gasteiger partial charge is 0.303 e. The minimum atomic E-state index is -0.818. The van der Waals surface area contributed by atoms with Crippen LogP contribution in [0.5, 0.6) is 0 Å². The summed E-state index contributed by atoms with van der Waals surface area (Å²) in [7, 11) is 0. The SMILES string of the molecule is CC(NC(=O)c1ccc2nc(-c3ccc(Cl)cc3)c(CCCCC(=O)O)nc2c1)c1cncc2ccccc12. The molecule has 2 heterocycles. The Balaban J connectivity index is 1.43. The molecule has 0 aliphatic rings. The van der Waals surface area contributed by atoms with E-state index in [1.54, 1.807) is 36.5 Å². The average molecular weight is 539 g/mol. The van der Waals surface area contributed by atoms with Crippen LogP contribution < -0.4 is 5.32 Å². The monoisotopic (exact) mass is 538 g/mol. The van der Waals surface area contributed by atoms with E-state index in [1.165, 1.54) is 0 Å². The standard InChI is InChI=1S/C31H27ClN4O3/c1-19(25-18-33-17-22-6-2-3-7-24(22)25)34-31(39)21-12-15-26-28(16-21)35-27(8-4-5-9-29(37)38)30(36-26)20-10-13-23(32)14-11-20/h2-3,6-7,10-19H,4-5,8-9H2,1H3,(H,34,39)(H,37,38). The number of halogens is 1. The van der Waals surface area contributed by atoms with Gasteiger partial charge in [-0.25, -0.2) is 9.97 Å². The van der Waals surface area contributed by atoms with Crippen LogP contribution in [0.25, 0.3) is 33.1 Å². The number of pyridine rings is 1. The predicted octanol–water partition coefficient (Wildman–Crippen LogP) is 6.79. The van der Waals surface area contributed by atoms with Gasteiger partial charge in [0.2, 0.25) is 0 Å². The maximum atomic E-state index is 13.2. The van der Waals surface area contributed by atoms with E-state index >= 15 is 0 Å². The molecule has 0 saturated heterocycles. The Morgan fingerprint density at radius 3 is 2.54 bits per heavy atom. The summed E-state index contributed by atoms with van der Waals surface area (Å²) in [6.45, 7) is 1.94. The number of carboxylic acids is 1. The van der Waals surface area contributed by atoms with E-state index in [0.29, 0.717) is 40.9 Å². The van der Waals surface area contributed by atoms with Crippen LogP contribution in [0, 0.1) is 0 Å². The molecule has 5 aromatic rings. The maximum absolute atomic E-state index is 13.2. The largest absolute Gasteiger partial charge is 0.481 e. The Morgan fingerprint density at radius 2 is 1.74 bits per heavy atom. The minimum Gasteiger partial charge on any atom is -0.481 e. The molecule has 196 valence electrons.